The van der Waals surface area contributed by atoms with Crippen LogP contribution in [0.2, 0.25) is 0 Å². The van der Waals surface area contributed by atoms with Crippen LogP contribution in [-0.4, -0.2) is 65.7 Å². The van der Waals surface area contributed by atoms with Gasteiger partial charge in [0.1, 0.15) is 0 Å². The number of ether oxygens (including phenoxy) is 1. The van der Waals surface area contributed by atoms with E-state index in [0.717, 1.165) is 65.4 Å². The number of aromatic nitrogens is 1. The van der Waals surface area contributed by atoms with Gasteiger partial charge in [0, 0.05) is 42.2 Å². The number of thioether (sulfide) groups is 2. The number of hydrogen-bond acceptors (Lipinski definition) is 7. The molecule has 0 spiro atoms. The molecule has 0 radical (unpaired) electrons. The van der Waals surface area contributed by atoms with Crippen molar-refractivity contribution in [3.8, 4) is 0 Å². The average molecular weight is 486 g/mol. The Kier molecular flexibility index (Phi) is 7.04. The van der Waals surface area contributed by atoms with Crippen molar-refractivity contribution in [3.63, 3.8) is 0 Å². The van der Waals surface area contributed by atoms with Crippen LogP contribution in [0.25, 0.3) is 10.2 Å². The Balaban J connectivity index is 1.16. The molecule has 0 bridgehead atoms. The van der Waals surface area contributed by atoms with E-state index in [0.29, 0.717) is 6.54 Å². The first-order valence-electron chi connectivity index (χ1n) is 11.0. The molecule has 1 unspecified atom stereocenters. The fourth-order valence-electron chi connectivity index (χ4n) is 4.29. The number of nitrogens with one attached hydrogen (secondary N) is 1. The number of amides is 1. The van der Waals surface area contributed by atoms with E-state index >= 15 is 0 Å². The summed E-state index contributed by atoms with van der Waals surface area (Å²) in [6.07, 6.45) is 1.12. The van der Waals surface area contributed by atoms with E-state index in [-0.39, 0.29) is 11.4 Å². The number of rotatable bonds is 7. The molecule has 32 heavy (non-hydrogen) atoms. The molecule has 1 atom stereocenters. The Morgan fingerprint density at radius 1 is 1.16 bits per heavy atom. The van der Waals surface area contributed by atoms with Crippen LogP contribution in [0.5, 0.6) is 0 Å². The first-order valence-corrected chi connectivity index (χ1v) is 13.9. The van der Waals surface area contributed by atoms with E-state index in [4.69, 9.17) is 4.74 Å². The highest BCUT2D eigenvalue weighted by Gasteiger charge is 2.40. The quantitative estimate of drug-likeness (QED) is 0.497. The third-order valence-corrected chi connectivity index (χ3v) is 9.68. The van der Waals surface area contributed by atoms with Gasteiger partial charge in [0.15, 0.2) is 4.34 Å². The van der Waals surface area contributed by atoms with Gasteiger partial charge in [-0.15, -0.1) is 11.3 Å². The monoisotopic (exact) mass is 485 g/mol. The number of hydrogen-bond donors (Lipinski definition) is 1. The van der Waals surface area contributed by atoms with Gasteiger partial charge in [-0.1, -0.05) is 36.0 Å². The summed E-state index contributed by atoms with van der Waals surface area (Å²) < 4.78 is 7.83. The third-order valence-electron chi connectivity index (χ3n) is 6.20. The summed E-state index contributed by atoms with van der Waals surface area (Å²) in [4.78, 5) is 20.1. The van der Waals surface area contributed by atoms with Gasteiger partial charge in [-0.3, -0.25) is 9.69 Å². The summed E-state index contributed by atoms with van der Waals surface area (Å²) in [5, 5.41) is 3.22. The molecular formula is C24H27N3O2S3. The maximum Gasteiger partial charge on any atom is 0.251 e. The molecule has 2 aliphatic heterocycles. The molecule has 2 aliphatic rings. The van der Waals surface area contributed by atoms with Crippen LogP contribution in [0.3, 0.4) is 0 Å². The summed E-state index contributed by atoms with van der Waals surface area (Å²) in [5.74, 6) is 3.10. The molecule has 5 rings (SSSR count). The molecule has 1 aromatic heterocycles. The highest BCUT2D eigenvalue weighted by Crippen LogP contribution is 2.34. The molecule has 8 heteroatoms. The van der Waals surface area contributed by atoms with Gasteiger partial charge in [-0.25, -0.2) is 4.98 Å². The number of morpholine rings is 1. The number of carbonyl (C=O) groups is 1. The summed E-state index contributed by atoms with van der Waals surface area (Å²) in [7, 11) is 0. The van der Waals surface area contributed by atoms with Crippen LogP contribution in [0.1, 0.15) is 22.3 Å². The van der Waals surface area contributed by atoms with Crippen molar-refractivity contribution in [3.05, 3.63) is 59.7 Å². The SMILES string of the molecule is O=C(NCC1(N2CCOCC2)CCSC1)c1ccc(CSc2nc3ccccc3s2)cc1. The summed E-state index contributed by atoms with van der Waals surface area (Å²) >= 11 is 5.46. The second-order valence-corrected chi connectivity index (χ2v) is 11.6. The fourth-order valence-corrected chi connectivity index (χ4v) is 7.79. The van der Waals surface area contributed by atoms with Gasteiger partial charge in [0.2, 0.25) is 0 Å². The van der Waals surface area contributed by atoms with Crippen molar-refractivity contribution in [2.24, 2.45) is 0 Å². The summed E-state index contributed by atoms with van der Waals surface area (Å²) in [6, 6.07) is 16.2. The predicted octanol–water partition coefficient (Wildman–Crippen LogP) is 4.53. The van der Waals surface area contributed by atoms with E-state index in [9.17, 15) is 4.79 Å². The van der Waals surface area contributed by atoms with Gasteiger partial charge < -0.3 is 10.1 Å². The Morgan fingerprint density at radius 3 is 2.72 bits per heavy atom. The zero-order valence-corrected chi connectivity index (χ0v) is 20.4. The molecule has 1 amide bonds. The van der Waals surface area contributed by atoms with E-state index in [1.54, 1.807) is 23.1 Å². The molecule has 0 aliphatic carbocycles. The van der Waals surface area contributed by atoms with Gasteiger partial charge in [0.25, 0.3) is 5.91 Å². The van der Waals surface area contributed by atoms with Gasteiger partial charge in [-0.2, -0.15) is 11.8 Å². The number of nitrogens with zero attached hydrogens (tertiary/aromatic N) is 2. The minimum atomic E-state index is 0.0138. The van der Waals surface area contributed by atoms with Crippen LogP contribution >= 0.6 is 34.9 Å². The second-order valence-electron chi connectivity index (χ2n) is 8.24. The molecule has 2 fully saturated rings. The molecular weight excluding hydrogens is 458 g/mol. The van der Waals surface area contributed by atoms with Gasteiger partial charge >= 0.3 is 0 Å². The summed E-state index contributed by atoms with van der Waals surface area (Å²) in [6.45, 7) is 4.19. The standard InChI is InChI=1S/C24H27N3O2S3/c28-22(25-16-24(9-14-30-17-24)27-10-12-29-13-11-27)19-7-5-18(6-8-19)15-31-23-26-20-3-1-2-4-21(20)32-23/h1-8H,9-17H2,(H,25,28). The lowest BCUT2D eigenvalue weighted by molar-refractivity contribution is -0.0129. The maximum atomic E-state index is 12.8. The van der Waals surface area contributed by atoms with E-state index in [1.807, 2.05) is 36.0 Å². The first kappa shape index (κ1) is 22.2. The molecule has 3 aromatic rings. The summed E-state index contributed by atoms with van der Waals surface area (Å²) in [5.41, 5.74) is 3.05. The average Bonchev–Trinajstić information content (AvgIpc) is 3.50. The number of fused-ring (bicyclic) bond motifs is 1. The van der Waals surface area contributed by atoms with E-state index in [1.165, 1.54) is 10.3 Å². The lowest BCUT2D eigenvalue weighted by atomic mass is 9.95. The van der Waals surface area contributed by atoms with Gasteiger partial charge in [-0.05, 0) is 42.0 Å². The highest BCUT2D eigenvalue weighted by molar-refractivity contribution is 8.00. The van der Waals surface area contributed by atoms with Crippen molar-refractivity contribution >= 4 is 51.0 Å². The van der Waals surface area contributed by atoms with Crippen molar-refractivity contribution < 1.29 is 9.53 Å². The number of para-hydroxylation sites is 1. The normalized spacial score (nSPS) is 21.8. The van der Waals surface area contributed by atoms with Crippen LogP contribution in [-0.2, 0) is 10.5 Å². The molecule has 3 heterocycles. The smallest absolute Gasteiger partial charge is 0.251 e. The van der Waals surface area contributed by atoms with Crippen LogP contribution in [0, 0.1) is 0 Å². The Labute approximate surface area is 201 Å². The molecule has 5 nitrogen and oxygen atoms in total. The Hall–Kier alpha value is -1.58. The van der Waals surface area contributed by atoms with Crippen molar-refractivity contribution in [1.82, 2.24) is 15.2 Å². The largest absolute Gasteiger partial charge is 0.379 e. The fraction of sp³-hybridized carbons (Fsp3) is 0.417. The lowest BCUT2D eigenvalue weighted by Gasteiger charge is -2.43. The maximum absolute atomic E-state index is 12.8. The van der Waals surface area contributed by atoms with E-state index < -0.39 is 0 Å². The zero-order valence-electron chi connectivity index (χ0n) is 17.9. The molecule has 1 N–H and O–H groups in total. The Morgan fingerprint density at radius 2 is 1.97 bits per heavy atom. The van der Waals surface area contributed by atoms with Crippen LogP contribution in [0.4, 0.5) is 0 Å². The third kappa shape index (κ3) is 4.99. The van der Waals surface area contributed by atoms with Crippen molar-refractivity contribution in [2.45, 2.75) is 22.1 Å². The molecule has 168 valence electrons. The van der Waals surface area contributed by atoms with Gasteiger partial charge in [0.05, 0.1) is 23.4 Å². The molecule has 2 saturated heterocycles. The minimum Gasteiger partial charge on any atom is -0.379 e. The van der Waals surface area contributed by atoms with Crippen LogP contribution in [0.15, 0.2) is 52.9 Å². The first-order chi connectivity index (χ1) is 15.7. The Bertz CT molecular complexity index is 1020. The topological polar surface area (TPSA) is 54.5 Å². The minimum absolute atomic E-state index is 0.0138. The highest BCUT2D eigenvalue weighted by atomic mass is 32.2. The van der Waals surface area contributed by atoms with Crippen LogP contribution < -0.4 is 5.32 Å². The van der Waals surface area contributed by atoms with E-state index in [2.05, 4.69) is 39.5 Å². The second kappa shape index (κ2) is 10.1. The number of thiazole rings is 1. The molecule has 2 aromatic carbocycles. The predicted molar refractivity (Wildman–Crippen MR) is 135 cm³/mol. The number of benzene rings is 2. The van der Waals surface area contributed by atoms with Crippen molar-refractivity contribution in [1.29, 1.82) is 0 Å². The van der Waals surface area contributed by atoms with Crippen molar-refractivity contribution in [2.75, 3.05) is 44.4 Å². The zero-order chi connectivity index (χ0) is 21.8. The number of carbonyl (C=O) groups excluding carboxylic acids is 1. The molecule has 0 saturated carbocycles. The lowest BCUT2D eigenvalue weighted by Crippen LogP contribution is -2.59.